The standard InChI is InChI=1S/C48H89NO5/c1-4-7-10-13-16-19-22-24-26-28-31-34-37-40-46(51)45(43-50)49-47(52)42-44(39-36-33-30-27-25-23-20-17-14-11-8-5-2)54-48(53)41-38-35-32-29-21-18-15-12-9-6-3/h8,11-12,15,17,20,44-46,50-51H,4-7,9-10,13-14,16,18-19,21-43H2,1-3H3,(H,49,52)/b11-8+,15-12-,20-17+. The van der Waals surface area contributed by atoms with E-state index >= 15 is 0 Å². The molecule has 0 rings (SSSR count). The summed E-state index contributed by atoms with van der Waals surface area (Å²) in [5.74, 6) is -0.498. The van der Waals surface area contributed by atoms with Gasteiger partial charge in [0.2, 0.25) is 5.91 Å². The van der Waals surface area contributed by atoms with Crippen LogP contribution in [-0.4, -0.2) is 46.9 Å². The minimum absolute atomic E-state index is 0.0660. The number of rotatable bonds is 41. The van der Waals surface area contributed by atoms with Crippen molar-refractivity contribution in [3.8, 4) is 0 Å². The maximum atomic E-state index is 13.1. The molecule has 54 heavy (non-hydrogen) atoms. The van der Waals surface area contributed by atoms with Gasteiger partial charge in [-0.2, -0.15) is 0 Å². The van der Waals surface area contributed by atoms with Gasteiger partial charge in [-0.15, -0.1) is 0 Å². The summed E-state index contributed by atoms with van der Waals surface area (Å²) in [5, 5.41) is 23.7. The Balaban J connectivity index is 4.57. The van der Waals surface area contributed by atoms with Gasteiger partial charge in [-0.25, -0.2) is 0 Å². The first-order chi connectivity index (χ1) is 26.5. The molecule has 0 aliphatic carbocycles. The maximum absolute atomic E-state index is 13.1. The molecule has 0 aromatic heterocycles. The molecule has 0 spiro atoms. The van der Waals surface area contributed by atoms with Crippen LogP contribution in [0.3, 0.4) is 0 Å². The summed E-state index contributed by atoms with van der Waals surface area (Å²) in [6.07, 6.45) is 47.7. The number of aliphatic hydroxyl groups excluding tert-OH is 2. The van der Waals surface area contributed by atoms with Crippen molar-refractivity contribution in [3.05, 3.63) is 36.5 Å². The van der Waals surface area contributed by atoms with Gasteiger partial charge in [0.25, 0.3) is 0 Å². The molecule has 0 fully saturated rings. The number of allylic oxidation sites excluding steroid dienone is 6. The number of ether oxygens (including phenoxy) is 1. The number of carbonyl (C=O) groups excluding carboxylic acids is 2. The number of aliphatic hydroxyl groups is 2. The zero-order valence-electron chi connectivity index (χ0n) is 35.9. The zero-order chi connectivity index (χ0) is 39.6. The molecular formula is C48H89NO5. The number of esters is 1. The predicted molar refractivity (Wildman–Crippen MR) is 232 cm³/mol. The van der Waals surface area contributed by atoms with Crippen LogP contribution in [0.25, 0.3) is 0 Å². The maximum Gasteiger partial charge on any atom is 0.306 e. The van der Waals surface area contributed by atoms with E-state index in [1.807, 2.05) is 0 Å². The van der Waals surface area contributed by atoms with Crippen LogP contribution in [-0.2, 0) is 14.3 Å². The second-order valence-electron chi connectivity index (χ2n) is 15.8. The monoisotopic (exact) mass is 760 g/mol. The summed E-state index contributed by atoms with van der Waals surface area (Å²) < 4.78 is 5.88. The van der Waals surface area contributed by atoms with Crippen LogP contribution < -0.4 is 5.32 Å². The molecule has 0 aliphatic heterocycles. The number of nitrogens with one attached hydrogen (secondary N) is 1. The first-order valence-corrected chi connectivity index (χ1v) is 23.2. The molecule has 3 N–H and O–H groups in total. The van der Waals surface area contributed by atoms with Crippen LogP contribution in [0.5, 0.6) is 0 Å². The highest BCUT2D eigenvalue weighted by Gasteiger charge is 2.24. The molecule has 0 aromatic carbocycles. The minimum atomic E-state index is -0.789. The van der Waals surface area contributed by atoms with Crippen LogP contribution in [0.15, 0.2) is 36.5 Å². The van der Waals surface area contributed by atoms with Crippen molar-refractivity contribution in [2.24, 2.45) is 0 Å². The first kappa shape index (κ1) is 52.1. The van der Waals surface area contributed by atoms with Crippen molar-refractivity contribution in [2.45, 2.75) is 251 Å². The van der Waals surface area contributed by atoms with Gasteiger partial charge < -0.3 is 20.3 Å². The molecule has 6 nitrogen and oxygen atoms in total. The second kappa shape index (κ2) is 42.2. The fourth-order valence-electron chi connectivity index (χ4n) is 6.94. The fourth-order valence-corrected chi connectivity index (χ4v) is 6.94. The van der Waals surface area contributed by atoms with Crippen molar-refractivity contribution in [1.82, 2.24) is 5.32 Å². The lowest BCUT2D eigenvalue weighted by molar-refractivity contribution is -0.151. The van der Waals surface area contributed by atoms with Crippen LogP contribution in [0, 0.1) is 0 Å². The minimum Gasteiger partial charge on any atom is -0.462 e. The molecule has 0 saturated carbocycles. The lowest BCUT2D eigenvalue weighted by Crippen LogP contribution is -2.46. The lowest BCUT2D eigenvalue weighted by atomic mass is 10.0. The zero-order valence-corrected chi connectivity index (χ0v) is 35.9. The number of hydrogen-bond donors (Lipinski definition) is 3. The van der Waals surface area contributed by atoms with Gasteiger partial charge >= 0.3 is 5.97 Å². The molecule has 1 amide bonds. The third kappa shape index (κ3) is 37.0. The van der Waals surface area contributed by atoms with Gasteiger partial charge in [-0.3, -0.25) is 9.59 Å². The molecule has 0 bridgehead atoms. The molecule has 0 radical (unpaired) electrons. The van der Waals surface area contributed by atoms with E-state index in [0.717, 1.165) is 89.9 Å². The molecule has 0 aromatic rings. The number of carbonyl (C=O) groups is 2. The highest BCUT2D eigenvalue weighted by Crippen LogP contribution is 2.17. The quantitative estimate of drug-likeness (QED) is 0.0328. The van der Waals surface area contributed by atoms with Crippen molar-refractivity contribution in [1.29, 1.82) is 0 Å². The van der Waals surface area contributed by atoms with Gasteiger partial charge in [0.05, 0.1) is 25.2 Å². The number of unbranched alkanes of at least 4 members (excludes halogenated alkanes) is 23. The fraction of sp³-hybridized carbons (Fsp3) is 0.833. The van der Waals surface area contributed by atoms with E-state index < -0.39 is 18.2 Å². The van der Waals surface area contributed by atoms with Gasteiger partial charge in [-0.05, 0) is 70.6 Å². The number of hydrogen-bond acceptors (Lipinski definition) is 5. The van der Waals surface area contributed by atoms with E-state index in [2.05, 4.69) is 62.5 Å². The largest absolute Gasteiger partial charge is 0.462 e. The van der Waals surface area contributed by atoms with Crippen LogP contribution >= 0.6 is 0 Å². The molecule has 6 heteroatoms. The summed E-state index contributed by atoms with van der Waals surface area (Å²) in [6.45, 7) is 6.30. The van der Waals surface area contributed by atoms with Gasteiger partial charge in [0.15, 0.2) is 0 Å². The van der Waals surface area contributed by atoms with Crippen molar-refractivity contribution < 1.29 is 24.5 Å². The van der Waals surface area contributed by atoms with Gasteiger partial charge in [0.1, 0.15) is 6.10 Å². The molecule has 0 aliphatic rings. The Morgan fingerprint density at radius 3 is 1.59 bits per heavy atom. The van der Waals surface area contributed by atoms with Crippen LogP contribution in [0.4, 0.5) is 0 Å². The van der Waals surface area contributed by atoms with Crippen molar-refractivity contribution in [2.75, 3.05) is 6.61 Å². The molecule has 3 atom stereocenters. The van der Waals surface area contributed by atoms with E-state index in [1.165, 1.54) is 96.3 Å². The Morgan fingerprint density at radius 1 is 0.556 bits per heavy atom. The third-order valence-corrected chi connectivity index (χ3v) is 10.4. The highest BCUT2D eigenvalue weighted by atomic mass is 16.5. The van der Waals surface area contributed by atoms with Gasteiger partial charge in [0, 0.05) is 6.42 Å². The average Bonchev–Trinajstić information content (AvgIpc) is 3.16. The SMILES string of the molecule is CC/C=C/C/C=C/CCCCCCCC(CC(=O)NC(CO)C(O)CCCCCCCCCCCCCCC)OC(=O)CCCCCCC/C=C\CCC. The van der Waals surface area contributed by atoms with E-state index in [0.29, 0.717) is 19.3 Å². The summed E-state index contributed by atoms with van der Waals surface area (Å²) in [4.78, 5) is 25.9. The van der Waals surface area contributed by atoms with E-state index in [4.69, 9.17) is 4.74 Å². The van der Waals surface area contributed by atoms with E-state index in [9.17, 15) is 19.8 Å². The lowest BCUT2D eigenvalue weighted by Gasteiger charge is -2.24. The van der Waals surface area contributed by atoms with Crippen molar-refractivity contribution in [3.63, 3.8) is 0 Å². The summed E-state index contributed by atoms with van der Waals surface area (Å²) >= 11 is 0. The van der Waals surface area contributed by atoms with Gasteiger partial charge in [-0.1, -0.05) is 186 Å². The van der Waals surface area contributed by atoms with Crippen molar-refractivity contribution >= 4 is 11.9 Å². The molecular weight excluding hydrogens is 671 g/mol. The summed E-state index contributed by atoms with van der Waals surface area (Å²) in [5.41, 5.74) is 0. The number of amides is 1. The smallest absolute Gasteiger partial charge is 0.306 e. The molecule has 0 saturated heterocycles. The Bertz CT molecular complexity index is 900. The molecule has 0 heterocycles. The molecule has 3 unspecified atom stereocenters. The highest BCUT2D eigenvalue weighted by molar-refractivity contribution is 5.77. The third-order valence-electron chi connectivity index (χ3n) is 10.4. The second-order valence-corrected chi connectivity index (χ2v) is 15.8. The van der Waals surface area contributed by atoms with E-state index in [-0.39, 0.29) is 24.9 Å². The Morgan fingerprint density at radius 2 is 1.04 bits per heavy atom. The Labute approximate surface area is 334 Å². The normalized spacial score (nSPS) is 13.6. The topological polar surface area (TPSA) is 95.9 Å². The van der Waals surface area contributed by atoms with Crippen LogP contribution in [0.1, 0.15) is 233 Å². The molecule has 316 valence electrons. The predicted octanol–water partition coefficient (Wildman–Crippen LogP) is 13.3. The van der Waals surface area contributed by atoms with E-state index in [1.54, 1.807) is 0 Å². The summed E-state index contributed by atoms with van der Waals surface area (Å²) in [6, 6.07) is -0.704. The Hall–Kier alpha value is -1.92. The Kier molecular flexibility index (Phi) is 40.7. The average molecular weight is 760 g/mol. The van der Waals surface area contributed by atoms with Crippen LogP contribution in [0.2, 0.25) is 0 Å². The summed E-state index contributed by atoms with van der Waals surface area (Å²) in [7, 11) is 0. The first-order valence-electron chi connectivity index (χ1n) is 23.2.